The summed E-state index contributed by atoms with van der Waals surface area (Å²) in [5.41, 5.74) is 2.68. The molecule has 3 aliphatic rings. The first kappa shape index (κ1) is 47.0. The van der Waals surface area contributed by atoms with Crippen molar-refractivity contribution in [3.63, 3.8) is 0 Å². The van der Waals surface area contributed by atoms with E-state index in [1.807, 2.05) is 61.5 Å². The van der Waals surface area contributed by atoms with Gasteiger partial charge in [-0.05, 0) is 85.9 Å². The quantitative estimate of drug-likeness (QED) is 0.0264. The molecule has 0 saturated carbocycles. The highest BCUT2D eigenvalue weighted by atomic mass is 16.5. The largest absolute Gasteiger partial charge is 0.494 e. The molecule has 3 aromatic rings. The topological polar surface area (TPSA) is 128 Å². The minimum absolute atomic E-state index is 0.0766. The lowest BCUT2D eigenvalue weighted by Gasteiger charge is -2.29. The first-order valence-corrected chi connectivity index (χ1v) is 23.5. The molecule has 336 valence electrons. The third kappa shape index (κ3) is 13.7. The molecule has 0 bridgehead atoms. The van der Waals surface area contributed by atoms with Crippen LogP contribution in [0.25, 0.3) is 6.08 Å². The fraction of sp³-hybridized carbons (Fsp3) is 0.491. The molecule has 1 aliphatic carbocycles. The highest BCUT2D eigenvalue weighted by molar-refractivity contribution is 6.23. The number of carbonyl (C=O) groups excluding carboxylic acids is 5. The standard InChI is InChI=1S/C53H66N2O8/c1-3-4-5-6-7-8-9-10-11-12-13-14-15-16-31-61-44-28-24-40(25-29-44)48(56)30-23-39-21-26-43(27-22-39)62-32-18-33-63-45-20-17-19-42(36-45)55-52(59)47-35-41(34-38(2)50(47)53(55)60)46-37-49(57)54-51(46)58/h17,19-30,34,36,41,46-47,50H,3-16,18,31-33,35,37H2,1-2H3,(H,54,57,58)/b30-23+. The molecule has 4 amide bonds. The van der Waals surface area contributed by atoms with E-state index in [1.54, 1.807) is 36.4 Å². The van der Waals surface area contributed by atoms with E-state index in [4.69, 9.17) is 14.2 Å². The lowest BCUT2D eigenvalue weighted by Crippen LogP contribution is -2.32. The van der Waals surface area contributed by atoms with Crippen LogP contribution in [-0.4, -0.2) is 49.2 Å². The van der Waals surface area contributed by atoms with Gasteiger partial charge < -0.3 is 14.2 Å². The van der Waals surface area contributed by atoms with Crippen LogP contribution < -0.4 is 24.4 Å². The van der Waals surface area contributed by atoms with E-state index < -0.39 is 17.8 Å². The molecule has 0 aromatic heterocycles. The number of carbonyl (C=O) groups is 5. The molecule has 2 saturated heterocycles. The Morgan fingerprint density at radius 1 is 0.667 bits per heavy atom. The first-order chi connectivity index (χ1) is 30.7. The Morgan fingerprint density at radius 3 is 1.84 bits per heavy atom. The van der Waals surface area contributed by atoms with Gasteiger partial charge in [-0.3, -0.25) is 29.3 Å². The van der Waals surface area contributed by atoms with E-state index in [-0.39, 0.29) is 41.8 Å². The second-order valence-electron chi connectivity index (χ2n) is 17.4. The van der Waals surface area contributed by atoms with Crippen molar-refractivity contribution in [2.75, 3.05) is 24.7 Å². The highest BCUT2D eigenvalue weighted by Gasteiger charge is 2.53. The third-order valence-corrected chi connectivity index (χ3v) is 12.6. The number of nitrogens with zero attached hydrogens (tertiary/aromatic N) is 1. The Hall–Kier alpha value is -5.51. The van der Waals surface area contributed by atoms with Crippen LogP contribution in [0.15, 0.2) is 90.5 Å². The molecular weight excluding hydrogens is 793 g/mol. The van der Waals surface area contributed by atoms with Gasteiger partial charge in [0, 0.05) is 24.5 Å². The average Bonchev–Trinajstić information content (AvgIpc) is 3.77. The van der Waals surface area contributed by atoms with Crippen molar-refractivity contribution in [3.05, 3.63) is 102 Å². The summed E-state index contributed by atoms with van der Waals surface area (Å²) in [5.74, 6) is -1.24. The third-order valence-electron chi connectivity index (χ3n) is 12.6. The van der Waals surface area contributed by atoms with Crippen LogP contribution in [-0.2, 0) is 19.2 Å². The van der Waals surface area contributed by atoms with Crippen molar-refractivity contribution in [1.29, 1.82) is 0 Å². The zero-order valence-electron chi connectivity index (χ0n) is 37.3. The summed E-state index contributed by atoms with van der Waals surface area (Å²) in [7, 11) is 0. The van der Waals surface area contributed by atoms with Gasteiger partial charge in [0.05, 0.1) is 43.3 Å². The average molecular weight is 859 g/mol. The summed E-state index contributed by atoms with van der Waals surface area (Å²) >= 11 is 0. The summed E-state index contributed by atoms with van der Waals surface area (Å²) in [5, 5.41) is 2.35. The second kappa shape index (κ2) is 24.4. The fourth-order valence-corrected chi connectivity index (χ4v) is 9.03. The van der Waals surface area contributed by atoms with Crippen LogP contribution in [0.2, 0.25) is 0 Å². The second-order valence-corrected chi connectivity index (χ2v) is 17.4. The van der Waals surface area contributed by atoms with Crippen molar-refractivity contribution >= 4 is 41.2 Å². The molecule has 10 nitrogen and oxygen atoms in total. The van der Waals surface area contributed by atoms with Gasteiger partial charge in [0.15, 0.2) is 5.78 Å². The summed E-state index contributed by atoms with van der Waals surface area (Å²) in [6.45, 7) is 5.56. The van der Waals surface area contributed by atoms with Crippen LogP contribution >= 0.6 is 0 Å². The van der Waals surface area contributed by atoms with Crippen LogP contribution in [0.5, 0.6) is 17.2 Å². The summed E-state index contributed by atoms with van der Waals surface area (Å²) in [6, 6.07) is 21.8. The number of benzene rings is 3. The number of hydrogen-bond donors (Lipinski definition) is 1. The Bertz CT molecular complexity index is 2060. The molecule has 4 atom stereocenters. The lowest BCUT2D eigenvalue weighted by molar-refractivity contribution is -0.127. The van der Waals surface area contributed by atoms with Crippen LogP contribution in [0, 0.1) is 23.7 Å². The van der Waals surface area contributed by atoms with Gasteiger partial charge in [-0.15, -0.1) is 0 Å². The molecule has 0 spiro atoms. The van der Waals surface area contributed by atoms with Crippen molar-refractivity contribution < 1.29 is 38.2 Å². The zero-order chi connectivity index (χ0) is 44.4. The smallest absolute Gasteiger partial charge is 0.241 e. The van der Waals surface area contributed by atoms with E-state index in [0.717, 1.165) is 23.3 Å². The molecule has 4 unspecified atom stereocenters. The summed E-state index contributed by atoms with van der Waals surface area (Å²) in [6.07, 6.45) is 24.9. The van der Waals surface area contributed by atoms with Gasteiger partial charge in [0.2, 0.25) is 23.6 Å². The lowest BCUT2D eigenvalue weighted by atomic mass is 9.71. The van der Waals surface area contributed by atoms with Gasteiger partial charge in [0.1, 0.15) is 17.2 Å². The Morgan fingerprint density at radius 2 is 1.24 bits per heavy atom. The Kier molecular flexibility index (Phi) is 18.2. The molecule has 10 heteroatoms. The number of rotatable bonds is 27. The predicted molar refractivity (Wildman–Crippen MR) is 247 cm³/mol. The highest BCUT2D eigenvalue weighted by Crippen LogP contribution is 2.45. The monoisotopic (exact) mass is 858 g/mol. The van der Waals surface area contributed by atoms with Gasteiger partial charge in [0.25, 0.3) is 0 Å². The minimum atomic E-state index is -0.583. The number of unbranched alkanes of at least 4 members (excludes halogenated alkanes) is 13. The van der Waals surface area contributed by atoms with Crippen molar-refractivity contribution in [1.82, 2.24) is 5.32 Å². The van der Waals surface area contributed by atoms with Crippen molar-refractivity contribution in [2.24, 2.45) is 23.7 Å². The Balaban J connectivity index is 0.834. The van der Waals surface area contributed by atoms with E-state index in [0.29, 0.717) is 55.4 Å². The Labute approximate surface area is 373 Å². The van der Waals surface area contributed by atoms with Gasteiger partial charge in [-0.2, -0.15) is 0 Å². The normalized spacial score (nSPS) is 19.7. The van der Waals surface area contributed by atoms with E-state index >= 15 is 0 Å². The number of amides is 4. The molecule has 0 radical (unpaired) electrons. The molecular formula is C53H66N2O8. The number of allylic oxidation sites excluding steroid dienone is 2. The van der Waals surface area contributed by atoms with Gasteiger partial charge in [-0.1, -0.05) is 126 Å². The number of ketones is 1. The van der Waals surface area contributed by atoms with Crippen molar-refractivity contribution in [3.8, 4) is 17.2 Å². The van der Waals surface area contributed by atoms with E-state index in [9.17, 15) is 24.0 Å². The number of fused-ring (bicyclic) bond motifs is 1. The zero-order valence-corrected chi connectivity index (χ0v) is 37.3. The summed E-state index contributed by atoms with van der Waals surface area (Å²) < 4.78 is 17.8. The van der Waals surface area contributed by atoms with Gasteiger partial charge >= 0.3 is 0 Å². The van der Waals surface area contributed by atoms with Gasteiger partial charge in [-0.25, -0.2) is 4.90 Å². The maximum absolute atomic E-state index is 13.6. The number of nitrogens with one attached hydrogen (secondary N) is 1. The number of ether oxygens (including phenoxy) is 3. The molecule has 2 aliphatic heterocycles. The summed E-state index contributed by atoms with van der Waals surface area (Å²) in [4.78, 5) is 65.4. The molecule has 63 heavy (non-hydrogen) atoms. The number of anilines is 1. The van der Waals surface area contributed by atoms with E-state index in [2.05, 4.69) is 12.2 Å². The van der Waals surface area contributed by atoms with Crippen molar-refractivity contribution in [2.45, 2.75) is 123 Å². The number of imide groups is 2. The molecule has 3 aromatic carbocycles. The van der Waals surface area contributed by atoms with E-state index in [1.165, 1.54) is 88.4 Å². The van der Waals surface area contributed by atoms with Crippen LogP contribution in [0.3, 0.4) is 0 Å². The predicted octanol–water partition coefficient (Wildman–Crippen LogP) is 11.0. The maximum atomic E-state index is 13.6. The number of hydrogen-bond acceptors (Lipinski definition) is 8. The maximum Gasteiger partial charge on any atom is 0.241 e. The fourth-order valence-electron chi connectivity index (χ4n) is 9.03. The first-order valence-electron chi connectivity index (χ1n) is 23.5. The molecule has 6 rings (SSSR count). The molecule has 2 heterocycles. The molecule has 1 N–H and O–H groups in total. The van der Waals surface area contributed by atoms with Crippen LogP contribution in [0.1, 0.15) is 139 Å². The van der Waals surface area contributed by atoms with Crippen LogP contribution in [0.4, 0.5) is 5.69 Å². The molecule has 2 fully saturated rings. The SMILES string of the molecule is CCCCCCCCCCCCCCCCOc1ccc(C(=O)/C=C/c2ccc(OCCCOc3cccc(N4C(=O)C5CC(C6CC(=O)NC6=O)C=C(C)C5C4=O)c3)cc2)cc1. The minimum Gasteiger partial charge on any atom is -0.494 e.